The minimum absolute atomic E-state index is 0. The molecule has 2 rings (SSSR count). The van der Waals surface area contributed by atoms with Crippen molar-refractivity contribution < 1.29 is 4.74 Å². The minimum Gasteiger partial charge on any atom is -0.497 e. The second kappa shape index (κ2) is 15.9. The van der Waals surface area contributed by atoms with E-state index in [9.17, 15) is 0 Å². The van der Waals surface area contributed by atoms with Crippen molar-refractivity contribution in [2.45, 2.75) is 66.0 Å². The van der Waals surface area contributed by atoms with E-state index in [-0.39, 0.29) is 24.0 Å². The van der Waals surface area contributed by atoms with Crippen molar-refractivity contribution >= 4 is 29.9 Å². The number of rotatable bonds is 13. The summed E-state index contributed by atoms with van der Waals surface area (Å²) in [5, 5.41) is 15.2. The first-order chi connectivity index (χ1) is 14.7. The maximum Gasteiger partial charge on any atom is 0.191 e. The summed E-state index contributed by atoms with van der Waals surface area (Å²) in [4.78, 5) is 4.81. The SMILES string of the molecule is CCCCC(CC)CNC(=NCc1ccc(OC)cc1)NCCn1cnnc1CC.I. The summed E-state index contributed by atoms with van der Waals surface area (Å²) in [7, 11) is 1.68. The molecule has 0 saturated heterocycles. The van der Waals surface area contributed by atoms with E-state index in [1.165, 1.54) is 25.7 Å². The second-order valence-electron chi connectivity index (χ2n) is 7.53. The fraction of sp³-hybridized carbons (Fsp3) is 0.609. The number of guanidine groups is 1. The molecule has 0 fully saturated rings. The first kappa shape index (κ1) is 27.2. The topological polar surface area (TPSA) is 76.4 Å². The Bertz CT molecular complexity index is 747. The van der Waals surface area contributed by atoms with Crippen LogP contribution in [0.2, 0.25) is 0 Å². The lowest BCUT2D eigenvalue weighted by molar-refractivity contribution is 0.414. The van der Waals surface area contributed by atoms with Crippen LogP contribution >= 0.6 is 24.0 Å². The summed E-state index contributed by atoms with van der Waals surface area (Å²) in [6.07, 6.45) is 7.63. The predicted octanol–water partition coefficient (Wildman–Crippen LogP) is 4.42. The van der Waals surface area contributed by atoms with Crippen molar-refractivity contribution in [3.8, 4) is 5.75 Å². The first-order valence-electron chi connectivity index (χ1n) is 11.2. The molecule has 174 valence electrons. The van der Waals surface area contributed by atoms with Crippen LogP contribution in [0.4, 0.5) is 0 Å². The molecular formula is C23H39IN6O. The molecule has 1 heterocycles. The number of methoxy groups -OCH3 is 1. The number of hydrogen-bond donors (Lipinski definition) is 2. The van der Waals surface area contributed by atoms with E-state index in [0.717, 1.165) is 49.2 Å². The van der Waals surface area contributed by atoms with Crippen molar-refractivity contribution in [1.82, 2.24) is 25.4 Å². The molecule has 1 aromatic heterocycles. The van der Waals surface area contributed by atoms with Gasteiger partial charge in [-0.25, -0.2) is 4.99 Å². The van der Waals surface area contributed by atoms with Crippen LogP contribution in [0.1, 0.15) is 57.8 Å². The summed E-state index contributed by atoms with van der Waals surface area (Å²) in [5.41, 5.74) is 1.15. The largest absolute Gasteiger partial charge is 0.497 e. The van der Waals surface area contributed by atoms with Crippen LogP contribution in [-0.4, -0.2) is 40.9 Å². The monoisotopic (exact) mass is 542 g/mol. The Hall–Kier alpha value is -1.84. The third-order valence-corrected chi connectivity index (χ3v) is 5.34. The highest BCUT2D eigenvalue weighted by Gasteiger charge is 2.08. The number of nitrogens with zero attached hydrogens (tertiary/aromatic N) is 4. The van der Waals surface area contributed by atoms with Gasteiger partial charge in [0.2, 0.25) is 0 Å². The van der Waals surface area contributed by atoms with Crippen LogP contribution in [0.3, 0.4) is 0 Å². The number of aliphatic imine (C=N–C) groups is 1. The summed E-state index contributed by atoms with van der Waals surface area (Å²) >= 11 is 0. The number of benzene rings is 1. The maximum absolute atomic E-state index is 5.24. The second-order valence-corrected chi connectivity index (χ2v) is 7.53. The highest BCUT2D eigenvalue weighted by atomic mass is 127. The van der Waals surface area contributed by atoms with Crippen molar-refractivity contribution in [3.05, 3.63) is 42.0 Å². The summed E-state index contributed by atoms with van der Waals surface area (Å²) < 4.78 is 7.33. The average Bonchev–Trinajstić information content (AvgIpc) is 3.24. The lowest BCUT2D eigenvalue weighted by atomic mass is 9.99. The predicted molar refractivity (Wildman–Crippen MR) is 138 cm³/mol. The van der Waals surface area contributed by atoms with Crippen molar-refractivity contribution in [2.24, 2.45) is 10.9 Å². The Morgan fingerprint density at radius 2 is 1.94 bits per heavy atom. The van der Waals surface area contributed by atoms with Crippen LogP contribution in [0.25, 0.3) is 0 Å². The number of aromatic nitrogens is 3. The molecule has 8 heteroatoms. The Morgan fingerprint density at radius 3 is 2.58 bits per heavy atom. The number of halogens is 1. The van der Waals surface area contributed by atoms with Gasteiger partial charge >= 0.3 is 0 Å². The van der Waals surface area contributed by atoms with Crippen LogP contribution < -0.4 is 15.4 Å². The standard InChI is InChI=1S/C23H38N6O.HI/c1-5-8-9-19(6-2)16-25-23(24-14-15-29-18-27-28-22(29)7-3)26-17-20-10-12-21(30-4)13-11-20;/h10-13,18-19H,5-9,14-17H2,1-4H3,(H2,24,25,26);1H. The molecule has 0 radical (unpaired) electrons. The van der Waals surface area contributed by atoms with Crippen molar-refractivity contribution in [3.63, 3.8) is 0 Å². The molecule has 0 aliphatic rings. The molecule has 0 aliphatic carbocycles. The number of aryl methyl sites for hydroxylation is 1. The van der Waals surface area contributed by atoms with Gasteiger partial charge in [0.05, 0.1) is 13.7 Å². The number of hydrogen-bond acceptors (Lipinski definition) is 4. The van der Waals surface area contributed by atoms with E-state index >= 15 is 0 Å². The van der Waals surface area contributed by atoms with E-state index in [4.69, 9.17) is 9.73 Å². The van der Waals surface area contributed by atoms with Gasteiger partial charge in [-0.1, -0.05) is 52.2 Å². The van der Waals surface area contributed by atoms with Crippen LogP contribution in [-0.2, 0) is 19.5 Å². The molecule has 0 saturated carbocycles. The van der Waals surface area contributed by atoms with Crippen LogP contribution in [0.15, 0.2) is 35.6 Å². The van der Waals surface area contributed by atoms with Gasteiger partial charge in [0.15, 0.2) is 5.96 Å². The highest BCUT2D eigenvalue weighted by Crippen LogP contribution is 2.13. The lowest BCUT2D eigenvalue weighted by Gasteiger charge is -2.18. The maximum atomic E-state index is 5.24. The lowest BCUT2D eigenvalue weighted by Crippen LogP contribution is -2.41. The zero-order chi connectivity index (χ0) is 21.6. The highest BCUT2D eigenvalue weighted by molar-refractivity contribution is 14.0. The third-order valence-electron chi connectivity index (χ3n) is 5.34. The van der Waals surface area contributed by atoms with E-state index in [2.05, 4.69) is 58.3 Å². The number of ether oxygens (including phenoxy) is 1. The zero-order valence-electron chi connectivity index (χ0n) is 19.4. The Balaban J connectivity index is 0.00000480. The summed E-state index contributed by atoms with van der Waals surface area (Å²) in [6, 6.07) is 8.06. The molecule has 0 aliphatic heterocycles. The molecule has 1 aromatic carbocycles. The van der Waals surface area contributed by atoms with Crippen molar-refractivity contribution in [1.29, 1.82) is 0 Å². The fourth-order valence-corrected chi connectivity index (χ4v) is 3.29. The molecular weight excluding hydrogens is 503 g/mol. The quantitative estimate of drug-likeness (QED) is 0.223. The smallest absolute Gasteiger partial charge is 0.191 e. The number of nitrogens with one attached hydrogen (secondary N) is 2. The van der Waals surface area contributed by atoms with Gasteiger partial charge in [-0.05, 0) is 30.0 Å². The fourth-order valence-electron chi connectivity index (χ4n) is 3.29. The summed E-state index contributed by atoms with van der Waals surface area (Å²) in [6.45, 7) is 9.76. The van der Waals surface area contributed by atoms with Crippen LogP contribution in [0, 0.1) is 5.92 Å². The van der Waals surface area contributed by atoms with Gasteiger partial charge in [0.25, 0.3) is 0 Å². The normalized spacial score (nSPS) is 12.2. The van der Waals surface area contributed by atoms with E-state index in [0.29, 0.717) is 12.5 Å². The van der Waals surface area contributed by atoms with Gasteiger partial charge in [0.1, 0.15) is 17.9 Å². The Labute approximate surface area is 204 Å². The Kier molecular flexibility index (Phi) is 13.9. The van der Waals surface area contributed by atoms with Gasteiger partial charge in [0, 0.05) is 26.1 Å². The molecule has 2 aromatic rings. The van der Waals surface area contributed by atoms with Gasteiger partial charge in [-0.2, -0.15) is 0 Å². The first-order valence-corrected chi connectivity index (χ1v) is 11.2. The van der Waals surface area contributed by atoms with Gasteiger partial charge in [-0.15, -0.1) is 34.2 Å². The molecule has 0 amide bonds. The van der Waals surface area contributed by atoms with E-state index in [1.807, 2.05) is 12.1 Å². The average molecular weight is 543 g/mol. The summed E-state index contributed by atoms with van der Waals surface area (Å²) in [5.74, 6) is 3.39. The van der Waals surface area contributed by atoms with Gasteiger partial charge in [-0.3, -0.25) is 0 Å². The molecule has 7 nitrogen and oxygen atoms in total. The van der Waals surface area contributed by atoms with E-state index < -0.39 is 0 Å². The zero-order valence-corrected chi connectivity index (χ0v) is 21.8. The molecule has 1 atom stereocenters. The third kappa shape index (κ3) is 9.88. The molecule has 0 spiro atoms. The molecule has 1 unspecified atom stereocenters. The molecule has 31 heavy (non-hydrogen) atoms. The minimum atomic E-state index is 0. The molecule has 0 bridgehead atoms. The van der Waals surface area contributed by atoms with Crippen LogP contribution in [0.5, 0.6) is 5.75 Å². The van der Waals surface area contributed by atoms with E-state index in [1.54, 1.807) is 13.4 Å². The Morgan fingerprint density at radius 1 is 1.16 bits per heavy atom. The molecule has 2 N–H and O–H groups in total. The number of unbranched alkanes of at least 4 members (excludes halogenated alkanes) is 1. The van der Waals surface area contributed by atoms with Crippen molar-refractivity contribution in [2.75, 3.05) is 20.2 Å². The van der Waals surface area contributed by atoms with Gasteiger partial charge < -0.3 is 19.9 Å².